The summed E-state index contributed by atoms with van der Waals surface area (Å²) in [7, 11) is 1.59. The largest absolute Gasteiger partial charge is 0.369 e. The molecule has 154 valence electrons. The first-order valence-corrected chi connectivity index (χ1v) is 9.63. The maximum absolute atomic E-state index is 12.6. The zero-order valence-electron chi connectivity index (χ0n) is 17.3. The lowest BCUT2D eigenvalue weighted by atomic mass is 9.90. The molecule has 0 aliphatic carbocycles. The third-order valence-electron chi connectivity index (χ3n) is 4.99. The first-order chi connectivity index (χ1) is 14.3. The number of hydrogen-bond acceptors (Lipinski definition) is 7. The average molecular weight is 404 g/mol. The molecule has 0 saturated heterocycles. The van der Waals surface area contributed by atoms with Gasteiger partial charge in [-0.1, -0.05) is 0 Å². The van der Waals surface area contributed by atoms with Crippen molar-refractivity contribution in [3.8, 4) is 11.8 Å². The molecule has 1 amide bonds. The van der Waals surface area contributed by atoms with E-state index in [1.54, 1.807) is 38.5 Å². The van der Waals surface area contributed by atoms with Gasteiger partial charge in [0.1, 0.15) is 11.2 Å². The van der Waals surface area contributed by atoms with Gasteiger partial charge < -0.3 is 5.73 Å². The third kappa shape index (κ3) is 4.69. The maximum Gasteiger partial charge on any atom is 0.231 e. The van der Waals surface area contributed by atoms with Gasteiger partial charge in [0.15, 0.2) is 11.7 Å². The Bertz CT molecular complexity index is 1050. The van der Waals surface area contributed by atoms with E-state index in [0.29, 0.717) is 24.2 Å². The summed E-state index contributed by atoms with van der Waals surface area (Å²) < 4.78 is 0. The summed E-state index contributed by atoms with van der Waals surface area (Å²) in [5.74, 6) is 5.69. The molecule has 1 unspecified atom stereocenters. The van der Waals surface area contributed by atoms with E-state index in [0.717, 1.165) is 11.3 Å². The molecule has 1 atom stereocenters. The Hall–Kier alpha value is -3.60. The monoisotopic (exact) mass is 404 g/mol. The maximum atomic E-state index is 12.6. The highest BCUT2D eigenvalue weighted by atomic mass is 16.2. The van der Waals surface area contributed by atoms with E-state index in [1.807, 2.05) is 6.92 Å². The summed E-state index contributed by atoms with van der Waals surface area (Å²) in [5.41, 5.74) is 7.47. The van der Waals surface area contributed by atoms with Crippen molar-refractivity contribution in [1.29, 1.82) is 0 Å². The second-order valence-electron chi connectivity index (χ2n) is 7.34. The smallest absolute Gasteiger partial charge is 0.231 e. The van der Waals surface area contributed by atoms with Gasteiger partial charge in [-0.25, -0.2) is 9.98 Å². The summed E-state index contributed by atoms with van der Waals surface area (Å²) in [6.45, 7) is 3.61. The number of hydrogen-bond donors (Lipinski definition) is 1. The number of guanidine groups is 1. The van der Waals surface area contributed by atoms with E-state index < -0.39 is 5.54 Å². The molecule has 8 nitrogen and oxygen atoms in total. The summed E-state index contributed by atoms with van der Waals surface area (Å²) in [5, 5.41) is 0. The minimum atomic E-state index is -0.866. The van der Waals surface area contributed by atoms with Crippen LogP contribution in [0.5, 0.6) is 0 Å². The topological polar surface area (TPSA) is 114 Å². The molecule has 2 N–H and O–H groups in total. The number of carbonyl (C=O) groups excluding carboxylic acids is 2. The van der Waals surface area contributed by atoms with Crippen LogP contribution in [0.1, 0.15) is 54.1 Å². The standard InChI is InChI=1S/C22H24N6O2/c1-4-5-6-7-16-13-26-17(14-25-16)18(29)10-15-8-9-24-19(11-15)22(2)12-20(30)28(3)21(23)27-22/h8-9,11,13-14H,6-7,10,12H2,1-3H3,(H2,23,27). The van der Waals surface area contributed by atoms with Crippen molar-refractivity contribution in [2.75, 3.05) is 7.05 Å². The van der Waals surface area contributed by atoms with Gasteiger partial charge in [-0.05, 0) is 31.5 Å². The highest BCUT2D eigenvalue weighted by molar-refractivity contribution is 5.98. The van der Waals surface area contributed by atoms with Crippen molar-refractivity contribution >= 4 is 17.6 Å². The SMILES string of the molecule is CC#CCCc1cnc(C(=O)Cc2ccnc(C3(C)CC(=O)N(C)C(N)=N3)c2)cn1. The zero-order valence-corrected chi connectivity index (χ0v) is 17.3. The lowest BCUT2D eigenvalue weighted by molar-refractivity contribution is -0.128. The molecular formula is C22H24N6O2. The van der Waals surface area contributed by atoms with E-state index >= 15 is 0 Å². The Morgan fingerprint density at radius 1 is 1.30 bits per heavy atom. The minimum absolute atomic E-state index is 0.131. The number of Topliss-reactive ketones (excluding diaryl/α,β-unsaturated/α-hetero) is 1. The van der Waals surface area contributed by atoms with Crippen molar-refractivity contribution in [2.24, 2.45) is 10.7 Å². The van der Waals surface area contributed by atoms with Crippen LogP contribution in [0.15, 0.2) is 35.7 Å². The van der Waals surface area contributed by atoms with Gasteiger partial charge in [0.05, 0.1) is 24.0 Å². The predicted molar refractivity (Wildman–Crippen MR) is 112 cm³/mol. The Balaban J connectivity index is 1.74. The van der Waals surface area contributed by atoms with E-state index in [4.69, 9.17) is 5.73 Å². The quantitative estimate of drug-likeness (QED) is 0.578. The average Bonchev–Trinajstić information content (AvgIpc) is 2.73. The van der Waals surface area contributed by atoms with Crippen LogP contribution in [0, 0.1) is 11.8 Å². The van der Waals surface area contributed by atoms with Gasteiger partial charge in [-0.15, -0.1) is 11.8 Å². The summed E-state index contributed by atoms with van der Waals surface area (Å²) in [6, 6.07) is 3.55. The molecule has 2 aromatic rings. The molecule has 0 saturated carbocycles. The molecule has 0 spiro atoms. The molecule has 0 fully saturated rings. The van der Waals surface area contributed by atoms with Crippen LogP contribution in [0.25, 0.3) is 0 Å². The van der Waals surface area contributed by atoms with E-state index in [-0.39, 0.29) is 30.5 Å². The number of aryl methyl sites for hydroxylation is 1. The number of carbonyl (C=O) groups is 2. The number of aromatic nitrogens is 3. The lowest BCUT2D eigenvalue weighted by Gasteiger charge is -2.32. The Morgan fingerprint density at radius 2 is 2.10 bits per heavy atom. The van der Waals surface area contributed by atoms with Crippen molar-refractivity contribution in [3.63, 3.8) is 0 Å². The Morgan fingerprint density at radius 3 is 2.77 bits per heavy atom. The number of ketones is 1. The van der Waals surface area contributed by atoms with Crippen LogP contribution >= 0.6 is 0 Å². The minimum Gasteiger partial charge on any atom is -0.369 e. The van der Waals surface area contributed by atoms with Crippen LogP contribution < -0.4 is 5.73 Å². The van der Waals surface area contributed by atoms with Crippen LogP contribution in [-0.2, 0) is 23.2 Å². The Labute approximate surface area is 175 Å². The second kappa shape index (κ2) is 8.82. The molecule has 3 heterocycles. The van der Waals surface area contributed by atoms with Gasteiger partial charge in [0, 0.05) is 38.7 Å². The van der Waals surface area contributed by atoms with Gasteiger partial charge >= 0.3 is 0 Å². The molecular weight excluding hydrogens is 380 g/mol. The van der Waals surface area contributed by atoms with E-state index in [1.165, 1.54) is 11.1 Å². The zero-order chi connectivity index (χ0) is 21.7. The molecule has 0 bridgehead atoms. The summed E-state index contributed by atoms with van der Waals surface area (Å²) in [6.07, 6.45) is 6.44. The number of amides is 1. The fourth-order valence-electron chi connectivity index (χ4n) is 3.15. The number of nitrogens with zero attached hydrogens (tertiary/aromatic N) is 5. The number of aliphatic imine (C=N–C) groups is 1. The van der Waals surface area contributed by atoms with Crippen molar-refractivity contribution in [3.05, 3.63) is 53.4 Å². The predicted octanol–water partition coefficient (Wildman–Crippen LogP) is 1.64. The van der Waals surface area contributed by atoms with Gasteiger partial charge in [-0.3, -0.25) is 24.5 Å². The van der Waals surface area contributed by atoms with E-state index in [9.17, 15) is 9.59 Å². The number of rotatable bonds is 6. The summed E-state index contributed by atoms with van der Waals surface area (Å²) in [4.78, 5) is 43.6. The molecule has 0 aromatic carbocycles. The molecule has 1 aliphatic rings. The van der Waals surface area contributed by atoms with Crippen LogP contribution in [0.4, 0.5) is 0 Å². The normalized spacial score (nSPS) is 18.4. The first-order valence-electron chi connectivity index (χ1n) is 9.63. The van der Waals surface area contributed by atoms with Crippen molar-refractivity contribution < 1.29 is 9.59 Å². The second-order valence-corrected chi connectivity index (χ2v) is 7.34. The molecule has 3 rings (SSSR count). The number of pyridine rings is 1. The third-order valence-corrected chi connectivity index (χ3v) is 4.99. The van der Waals surface area contributed by atoms with Crippen molar-refractivity contribution in [1.82, 2.24) is 19.9 Å². The molecule has 1 aliphatic heterocycles. The van der Waals surface area contributed by atoms with Gasteiger partial charge in [0.25, 0.3) is 0 Å². The van der Waals surface area contributed by atoms with Crippen LogP contribution in [-0.4, -0.2) is 44.5 Å². The van der Waals surface area contributed by atoms with Crippen LogP contribution in [0.2, 0.25) is 0 Å². The molecule has 2 aromatic heterocycles. The molecule has 30 heavy (non-hydrogen) atoms. The van der Waals surface area contributed by atoms with E-state index in [2.05, 4.69) is 31.8 Å². The highest BCUT2D eigenvalue weighted by Crippen LogP contribution is 2.31. The fraction of sp³-hybridized carbons (Fsp3) is 0.364. The Kier molecular flexibility index (Phi) is 6.21. The highest BCUT2D eigenvalue weighted by Gasteiger charge is 2.37. The van der Waals surface area contributed by atoms with Gasteiger partial charge in [0.2, 0.25) is 5.91 Å². The lowest BCUT2D eigenvalue weighted by Crippen LogP contribution is -2.47. The first kappa shape index (κ1) is 21.1. The fourth-order valence-corrected chi connectivity index (χ4v) is 3.15. The van der Waals surface area contributed by atoms with Crippen LogP contribution in [0.3, 0.4) is 0 Å². The van der Waals surface area contributed by atoms with Gasteiger partial charge in [-0.2, -0.15) is 0 Å². The molecule has 0 radical (unpaired) electrons. The number of nitrogens with two attached hydrogens (primary N) is 1. The van der Waals surface area contributed by atoms with Crippen molar-refractivity contribution in [2.45, 2.75) is 45.1 Å². The summed E-state index contributed by atoms with van der Waals surface area (Å²) >= 11 is 0. The molecule has 8 heteroatoms.